The standard InChI is InChI=1S/C14H29N3OS/c1-5-10-17(8-4)11-9-16-13(18)14(6-2,7-3)12(15)19/h5-11H2,1-4H3,(H2,15,19)(H,16,18). The van der Waals surface area contributed by atoms with E-state index in [-0.39, 0.29) is 5.91 Å². The Labute approximate surface area is 123 Å². The summed E-state index contributed by atoms with van der Waals surface area (Å²) in [6.07, 6.45) is 2.43. The van der Waals surface area contributed by atoms with E-state index < -0.39 is 5.41 Å². The van der Waals surface area contributed by atoms with E-state index >= 15 is 0 Å². The summed E-state index contributed by atoms with van der Waals surface area (Å²) in [6, 6.07) is 0. The lowest BCUT2D eigenvalue weighted by atomic mass is 9.81. The van der Waals surface area contributed by atoms with Crippen molar-refractivity contribution in [1.82, 2.24) is 10.2 Å². The topological polar surface area (TPSA) is 58.4 Å². The molecule has 0 aromatic carbocycles. The van der Waals surface area contributed by atoms with Gasteiger partial charge in [-0.3, -0.25) is 4.79 Å². The molecule has 0 bridgehead atoms. The molecule has 0 saturated carbocycles. The van der Waals surface area contributed by atoms with Gasteiger partial charge in [-0.15, -0.1) is 0 Å². The number of rotatable bonds is 10. The lowest BCUT2D eigenvalue weighted by molar-refractivity contribution is -0.127. The molecule has 0 unspecified atom stereocenters. The molecule has 0 aliphatic rings. The zero-order chi connectivity index (χ0) is 14.9. The first-order valence-electron chi connectivity index (χ1n) is 7.28. The number of thiocarbonyl (C=S) groups is 1. The van der Waals surface area contributed by atoms with Crippen LogP contribution in [0.4, 0.5) is 0 Å². The average Bonchev–Trinajstić information content (AvgIpc) is 2.39. The van der Waals surface area contributed by atoms with Crippen molar-refractivity contribution in [2.45, 2.75) is 47.0 Å². The van der Waals surface area contributed by atoms with E-state index in [9.17, 15) is 4.79 Å². The van der Waals surface area contributed by atoms with Crippen LogP contribution in [0.3, 0.4) is 0 Å². The molecule has 0 aromatic heterocycles. The quantitative estimate of drug-likeness (QED) is 0.603. The van der Waals surface area contributed by atoms with Gasteiger partial charge in [-0.05, 0) is 32.4 Å². The van der Waals surface area contributed by atoms with Gasteiger partial charge in [0.2, 0.25) is 5.91 Å². The van der Waals surface area contributed by atoms with Crippen LogP contribution >= 0.6 is 12.2 Å². The van der Waals surface area contributed by atoms with E-state index in [1.165, 1.54) is 0 Å². The molecule has 19 heavy (non-hydrogen) atoms. The first-order valence-corrected chi connectivity index (χ1v) is 7.69. The van der Waals surface area contributed by atoms with E-state index in [0.717, 1.165) is 26.1 Å². The summed E-state index contributed by atoms with van der Waals surface area (Å²) >= 11 is 5.08. The smallest absolute Gasteiger partial charge is 0.233 e. The maximum atomic E-state index is 12.3. The minimum absolute atomic E-state index is 0.0300. The normalized spacial score (nSPS) is 11.6. The second kappa shape index (κ2) is 9.26. The van der Waals surface area contributed by atoms with Crippen LogP contribution in [0.2, 0.25) is 0 Å². The van der Waals surface area contributed by atoms with Crippen molar-refractivity contribution < 1.29 is 4.79 Å². The number of nitrogens with one attached hydrogen (secondary N) is 1. The lowest BCUT2D eigenvalue weighted by Crippen LogP contribution is -2.49. The highest BCUT2D eigenvalue weighted by Gasteiger charge is 2.37. The van der Waals surface area contributed by atoms with Crippen molar-refractivity contribution in [2.24, 2.45) is 11.1 Å². The average molecular weight is 287 g/mol. The fourth-order valence-corrected chi connectivity index (χ4v) is 2.65. The number of hydrogen-bond acceptors (Lipinski definition) is 3. The number of hydrogen-bond donors (Lipinski definition) is 2. The maximum absolute atomic E-state index is 12.3. The van der Waals surface area contributed by atoms with Crippen LogP contribution in [0.25, 0.3) is 0 Å². The summed E-state index contributed by atoms with van der Waals surface area (Å²) in [6.45, 7) is 11.8. The molecular weight excluding hydrogens is 258 g/mol. The van der Waals surface area contributed by atoms with Gasteiger partial charge in [-0.25, -0.2) is 0 Å². The third-order valence-corrected chi connectivity index (χ3v) is 4.20. The van der Waals surface area contributed by atoms with Crippen molar-refractivity contribution in [1.29, 1.82) is 0 Å². The molecule has 0 fully saturated rings. The molecule has 0 radical (unpaired) electrons. The fourth-order valence-electron chi connectivity index (χ4n) is 2.27. The first-order chi connectivity index (χ1) is 8.98. The van der Waals surface area contributed by atoms with Crippen LogP contribution < -0.4 is 11.1 Å². The molecule has 3 N–H and O–H groups in total. The summed E-state index contributed by atoms with van der Waals surface area (Å²) in [7, 11) is 0. The predicted molar refractivity (Wildman–Crippen MR) is 85.2 cm³/mol. The summed E-state index contributed by atoms with van der Waals surface area (Å²) < 4.78 is 0. The van der Waals surface area contributed by atoms with Crippen LogP contribution in [-0.2, 0) is 4.79 Å². The second-order valence-electron chi connectivity index (χ2n) is 4.84. The van der Waals surface area contributed by atoms with Gasteiger partial charge in [-0.1, -0.05) is 39.9 Å². The molecule has 0 aromatic rings. The van der Waals surface area contributed by atoms with E-state index in [4.69, 9.17) is 18.0 Å². The molecule has 0 saturated heterocycles. The Morgan fingerprint density at radius 1 is 1.21 bits per heavy atom. The minimum Gasteiger partial charge on any atom is -0.392 e. The monoisotopic (exact) mass is 287 g/mol. The summed E-state index contributed by atoms with van der Waals surface area (Å²) in [5.74, 6) is -0.0300. The van der Waals surface area contributed by atoms with Crippen LogP contribution in [0.5, 0.6) is 0 Å². The van der Waals surface area contributed by atoms with E-state index in [2.05, 4.69) is 24.1 Å². The van der Waals surface area contributed by atoms with E-state index in [1.54, 1.807) is 0 Å². The number of carbonyl (C=O) groups excluding carboxylic acids is 1. The Morgan fingerprint density at radius 3 is 2.16 bits per heavy atom. The van der Waals surface area contributed by atoms with Crippen LogP contribution in [0.1, 0.15) is 47.0 Å². The van der Waals surface area contributed by atoms with Crippen LogP contribution in [-0.4, -0.2) is 42.0 Å². The summed E-state index contributed by atoms with van der Waals surface area (Å²) in [5, 5.41) is 2.98. The molecule has 0 atom stereocenters. The van der Waals surface area contributed by atoms with Gasteiger partial charge in [0.25, 0.3) is 0 Å². The molecule has 5 heteroatoms. The Bertz CT molecular complexity index is 290. The molecule has 1 amide bonds. The summed E-state index contributed by atoms with van der Waals surface area (Å²) in [5.41, 5.74) is 5.08. The molecule has 0 heterocycles. The van der Waals surface area contributed by atoms with Crippen molar-refractivity contribution in [2.75, 3.05) is 26.2 Å². The van der Waals surface area contributed by atoms with Gasteiger partial charge in [0.1, 0.15) is 0 Å². The minimum atomic E-state index is -0.683. The molecular formula is C14H29N3OS. The predicted octanol–water partition coefficient (Wildman–Crippen LogP) is 1.93. The highest BCUT2D eigenvalue weighted by atomic mass is 32.1. The maximum Gasteiger partial charge on any atom is 0.233 e. The van der Waals surface area contributed by atoms with E-state index in [1.807, 2.05) is 13.8 Å². The first kappa shape index (κ1) is 18.3. The molecule has 0 spiro atoms. The number of amides is 1. The largest absolute Gasteiger partial charge is 0.392 e. The molecule has 112 valence electrons. The van der Waals surface area contributed by atoms with Crippen molar-refractivity contribution in [3.63, 3.8) is 0 Å². The van der Waals surface area contributed by atoms with Gasteiger partial charge in [-0.2, -0.15) is 0 Å². The van der Waals surface area contributed by atoms with Gasteiger partial charge in [0.05, 0.1) is 10.4 Å². The van der Waals surface area contributed by atoms with Gasteiger partial charge >= 0.3 is 0 Å². The zero-order valence-corrected chi connectivity index (χ0v) is 13.6. The highest BCUT2D eigenvalue weighted by Crippen LogP contribution is 2.26. The van der Waals surface area contributed by atoms with Crippen molar-refractivity contribution >= 4 is 23.1 Å². The fraction of sp³-hybridized carbons (Fsp3) is 0.857. The SMILES string of the molecule is CCCN(CC)CCNC(=O)C(CC)(CC)C(N)=S. The number of nitrogens with two attached hydrogens (primary N) is 1. The Morgan fingerprint density at radius 2 is 1.79 bits per heavy atom. The van der Waals surface area contributed by atoms with Crippen LogP contribution in [0, 0.1) is 5.41 Å². The summed E-state index contributed by atoms with van der Waals surface area (Å²) in [4.78, 5) is 14.9. The third-order valence-electron chi connectivity index (χ3n) is 3.81. The third kappa shape index (κ3) is 5.07. The molecule has 0 rings (SSSR count). The van der Waals surface area contributed by atoms with Gasteiger partial charge in [0.15, 0.2) is 0 Å². The number of carbonyl (C=O) groups is 1. The molecule has 4 nitrogen and oxygen atoms in total. The van der Waals surface area contributed by atoms with Gasteiger partial charge in [0, 0.05) is 13.1 Å². The Hall–Kier alpha value is -0.680. The zero-order valence-electron chi connectivity index (χ0n) is 12.8. The highest BCUT2D eigenvalue weighted by molar-refractivity contribution is 7.80. The number of likely N-dealkylation sites (N-methyl/N-ethyl adjacent to an activating group) is 1. The van der Waals surface area contributed by atoms with Gasteiger partial charge < -0.3 is 16.0 Å². The van der Waals surface area contributed by atoms with Crippen LogP contribution in [0.15, 0.2) is 0 Å². The number of nitrogens with zero attached hydrogens (tertiary/aromatic N) is 1. The van der Waals surface area contributed by atoms with Crippen molar-refractivity contribution in [3.05, 3.63) is 0 Å². The Balaban J connectivity index is 4.39. The Kier molecular flexibility index (Phi) is 8.93. The molecule has 0 aliphatic heterocycles. The van der Waals surface area contributed by atoms with Crippen molar-refractivity contribution in [3.8, 4) is 0 Å². The second-order valence-corrected chi connectivity index (χ2v) is 5.28. The van der Waals surface area contributed by atoms with E-state index in [0.29, 0.717) is 24.4 Å². The molecule has 0 aliphatic carbocycles. The lowest BCUT2D eigenvalue weighted by Gasteiger charge is -2.29.